The Hall–Kier alpha value is -4.53. The Morgan fingerprint density at radius 2 is 1.59 bits per heavy atom. The van der Waals surface area contributed by atoms with Crippen molar-refractivity contribution in [3.8, 4) is 0 Å². The van der Waals surface area contributed by atoms with Crippen molar-refractivity contribution >= 4 is 29.6 Å². The molecule has 162 valence electrons. The molecule has 0 aliphatic heterocycles. The Balaban J connectivity index is 1.55. The molecule has 1 heterocycles. The molecule has 9 heteroatoms. The van der Waals surface area contributed by atoms with Crippen LogP contribution in [-0.2, 0) is 17.8 Å². The Kier molecular flexibility index (Phi) is 7.26. The number of carbonyl (C=O) groups is 3. The number of rotatable bonds is 6. The fourth-order valence-electron chi connectivity index (χ4n) is 2.77. The summed E-state index contributed by atoms with van der Waals surface area (Å²) in [5, 5.41) is 5.04. The van der Waals surface area contributed by atoms with Gasteiger partial charge in [-0.25, -0.2) is 4.79 Å². The second-order valence-corrected chi connectivity index (χ2v) is 6.64. The van der Waals surface area contributed by atoms with E-state index in [-0.39, 0.29) is 18.0 Å². The van der Waals surface area contributed by atoms with Crippen molar-refractivity contribution in [1.29, 1.82) is 0 Å². The first-order chi connectivity index (χ1) is 15.5. The average molecular weight is 432 g/mol. The first-order valence-electron chi connectivity index (χ1n) is 9.70. The van der Waals surface area contributed by atoms with Gasteiger partial charge in [0.15, 0.2) is 0 Å². The highest BCUT2D eigenvalue weighted by molar-refractivity contribution is 6.08. The van der Waals surface area contributed by atoms with Gasteiger partial charge >= 0.3 is 6.09 Å². The minimum absolute atomic E-state index is 0.0245. The van der Waals surface area contributed by atoms with E-state index in [1.54, 1.807) is 24.3 Å². The van der Waals surface area contributed by atoms with E-state index in [2.05, 4.69) is 27.5 Å². The maximum Gasteiger partial charge on any atom is 0.437 e. The van der Waals surface area contributed by atoms with Crippen molar-refractivity contribution < 1.29 is 19.1 Å². The van der Waals surface area contributed by atoms with Crippen LogP contribution in [0.3, 0.4) is 0 Å². The second-order valence-electron chi connectivity index (χ2n) is 6.64. The molecule has 0 unspecified atom stereocenters. The number of hydrogen-bond donors (Lipinski definition) is 4. The summed E-state index contributed by atoms with van der Waals surface area (Å²) in [6.07, 6.45) is -0.427. The molecule has 0 radical (unpaired) electrons. The van der Waals surface area contributed by atoms with Crippen LogP contribution < -0.4 is 16.4 Å². The van der Waals surface area contributed by atoms with Gasteiger partial charge in [0.2, 0.25) is 5.96 Å². The van der Waals surface area contributed by atoms with E-state index < -0.39 is 23.9 Å². The number of anilines is 1. The van der Waals surface area contributed by atoms with E-state index in [0.29, 0.717) is 12.1 Å². The van der Waals surface area contributed by atoms with Gasteiger partial charge in [-0.2, -0.15) is 0 Å². The molecule has 0 atom stereocenters. The standard InChI is InChI=1S/C23H21N5O4/c1-2-16-10-6-7-11-17(16)26-20(29)18-12-13-19(25-18)21(30)27-22(24)28-23(31)32-14-15-8-4-3-5-9-15/h3-13H,1-2,14H2,(H4-,24,25,26,27,28,29,30,31)/p+1. The van der Waals surface area contributed by atoms with Crippen molar-refractivity contribution in [1.82, 2.24) is 10.3 Å². The highest BCUT2D eigenvalue weighted by atomic mass is 16.5. The van der Waals surface area contributed by atoms with Crippen molar-refractivity contribution in [3.05, 3.63) is 96.2 Å². The largest absolute Gasteiger partial charge is 0.443 e. The first kappa shape index (κ1) is 22.2. The van der Waals surface area contributed by atoms with Gasteiger partial charge in [-0.1, -0.05) is 48.5 Å². The zero-order valence-corrected chi connectivity index (χ0v) is 17.1. The molecular formula is C23H22N5O4+. The van der Waals surface area contributed by atoms with Crippen molar-refractivity contribution in [2.75, 3.05) is 5.32 Å². The molecule has 5 N–H and O–H groups in total. The quantitative estimate of drug-likeness (QED) is 0.269. The number of aromatic nitrogens is 1. The van der Waals surface area contributed by atoms with Gasteiger partial charge in [0.05, 0.1) is 6.92 Å². The third kappa shape index (κ3) is 5.99. The van der Waals surface area contributed by atoms with Gasteiger partial charge in [-0.15, -0.1) is 4.99 Å². The van der Waals surface area contributed by atoms with Gasteiger partial charge in [-0.3, -0.25) is 14.9 Å². The topological polar surface area (TPSA) is 139 Å². The van der Waals surface area contributed by atoms with E-state index in [1.165, 1.54) is 12.1 Å². The lowest BCUT2D eigenvalue weighted by Gasteiger charge is -2.07. The van der Waals surface area contributed by atoms with E-state index in [9.17, 15) is 14.4 Å². The fourth-order valence-corrected chi connectivity index (χ4v) is 2.77. The molecule has 0 saturated carbocycles. The van der Waals surface area contributed by atoms with Crippen LogP contribution >= 0.6 is 0 Å². The summed E-state index contributed by atoms with van der Waals surface area (Å²) < 4.78 is 4.97. The van der Waals surface area contributed by atoms with Crippen LogP contribution in [0.4, 0.5) is 10.5 Å². The summed E-state index contributed by atoms with van der Waals surface area (Å²) in [4.78, 5) is 42.7. The number of nitrogens with one attached hydrogen (secondary N) is 3. The zero-order valence-electron chi connectivity index (χ0n) is 17.1. The van der Waals surface area contributed by atoms with Gasteiger partial charge in [0.25, 0.3) is 11.8 Å². The predicted octanol–water partition coefficient (Wildman–Crippen LogP) is 3.02. The highest BCUT2D eigenvalue weighted by Crippen LogP contribution is 2.16. The molecule has 0 fully saturated rings. The molecule has 0 spiro atoms. The van der Waals surface area contributed by atoms with Gasteiger partial charge in [-0.05, 0) is 23.8 Å². The minimum atomic E-state index is -0.942. The number of hydrogen-bond acceptors (Lipinski definition) is 4. The Morgan fingerprint density at radius 3 is 2.31 bits per heavy atom. The van der Waals surface area contributed by atoms with Crippen LogP contribution in [0.15, 0.2) is 71.7 Å². The van der Waals surface area contributed by atoms with E-state index in [4.69, 9.17) is 10.5 Å². The van der Waals surface area contributed by atoms with Gasteiger partial charge < -0.3 is 20.8 Å². The summed E-state index contributed by atoms with van der Waals surface area (Å²) in [7, 11) is 0. The Morgan fingerprint density at radius 1 is 0.938 bits per heavy atom. The summed E-state index contributed by atoms with van der Waals surface area (Å²) in [6, 6.07) is 19.2. The number of benzene rings is 2. The number of aromatic amines is 1. The van der Waals surface area contributed by atoms with E-state index >= 15 is 0 Å². The number of nitrogens with two attached hydrogens (primary N) is 1. The molecule has 3 rings (SSSR count). The first-order valence-corrected chi connectivity index (χ1v) is 9.70. The molecule has 2 aromatic carbocycles. The van der Waals surface area contributed by atoms with E-state index in [1.807, 2.05) is 30.3 Å². The molecular weight excluding hydrogens is 410 g/mol. The number of H-pyrrole nitrogens is 1. The van der Waals surface area contributed by atoms with Crippen LogP contribution in [0, 0.1) is 6.92 Å². The molecule has 3 amide bonds. The van der Waals surface area contributed by atoms with Crippen LogP contribution in [0.5, 0.6) is 0 Å². The number of aliphatic imine (C=N–C) groups is 1. The molecule has 0 aliphatic rings. The number of amides is 3. The third-order valence-corrected chi connectivity index (χ3v) is 4.37. The van der Waals surface area contributed by atoms with Gasteiger partial charge in [0.1, 0.15) is 24.4 Å². The molecule has 32 heavy (non-hydrogen) atoms. The molecule has 3 aromatic rings. The Labute approximate surface area is 184 Å². The van der Waals surface area contributed by atoms with Crippen LogP contribution in [0.1, 0.15) is 32.1 Å². The molecule has 0 bridgehead atoms. The lowest BCUT2D eigenvalue weighted by atomic mass is 10.1. The summed E-state index contributed by atoms with van der Waals surface area (Å²) in [6.45, 7) is 3.86. The lowest BCUT2D eigenvalue weighted by Crippen LogP contribution is -2.37. The van der Waals surface area contributed by atoms with Crippen LogP contribution in [0.2, 0.25) is 0 Å². The molecule has 1 aromatic heterocycles. The van der Waals surface area contributed by atoms with Crippen LogP contribution in [-0.4, -0.2) is 28.9 Å². The SMILES string of the molecule is [CH2+]Cc1ccccc1NC(=O)c1ccc(C(=O)NC(N)=NC(=O)OCc2ccccc2)[nH]1. The number of para-hydroxylation sites is 1. The van der Waals surface area contributed by atoms with Crippen molar-refractivity contribution in [3.63, 3.8) is 0 Å². The zero-order chi connectivity index (χ0) is 22.9. The summed E-state index contributed by atoms with van der Waals surface area (Å²) in [5.74, 6) is -1.52. The highest BCUT2D eigenvalue weighted by Gasteiger charge is 2.15. The van der Waals surface area contributed by atoms with Crippen molar-refractivity contribution in [2.45, 2.75) is 13.0 Å². The van der Waals surface area contributed by atoms with Crippen LogP contribution in [0.25, 0.3) is 0 Å². The smallest absolute Gasteiger partial charge is 0.437 e. The lowest BCUT2D eigenvalue weighted by molar-refractivity contribution is 0.0972. The molecule has 9 nitrogen and oxygen atoms in total. The number of guanidine groups is 1. The maximum absolute atomic E-state index is 12.5. The van der Waals surface area contributed by atoms with Crippen molar-refractivity contribution in [2.24, 2.45) is 10.7 Å². The maximum atomic E-state index is 12.5. The number of carbonyl (C=O) groups excluding carboxylic acids is 3. The molecule has 0 saturated heterocycles. The number of nitrogens with zero attached hydrogens (tertiary/aromatic N) is 1. The summed E-state index contributed by atoms with van der Waals surface area (Å²) >= 11 is 0. The van der Waals surface area contributed by atoms with Gasteiger partial charge in [0, 0.05) is 11.3 Å². The predicted molar refractivity (Wildman–Crippen MR) is 120 cm³/mol. The molecule has 0 aliphatic carbocycles. The third-order valence-electron chi connectivity index (χ3n) is 4.37. The second kappa shape index (κ2) is 10.5. The fraction of sp³-hybridized carbons (Fsp3) is 0.0870. The summed E-state index contributed by atoms with van der Waals surface area (Å²) in [5.41, 5.74) is 8.15. The Bertz CT molecular complexity index is 1140. The monoisotopic (exact) mass is 432 g/mol. The van der Waals surface area contributed by atoms with E-state index in [0.717, 1.165) is 11.1 Å². The number of ether oxygens (including phenoxy) is 1. The normalized spacial score (nSPS) is 10.9. The minimum Gasteiger partial charge on any atom is -0.443 e. The average Bonchev–Trinajstić information content (AvgIpc) is 3.29.